The first-order chi connectivity index (χ1) is 44.8. The molecule has 2 aliphatic carbocycles. The Bertz CT molecular complexity index is 2990. The number of aliphatic hydroxyl groups is 2. The van der Waals surface area contributed by atoms with E-state index in [9.17, 15) is 8.42 Å². The molecule has 26 nitrogen and oxygen atoms in total. The summed E-state index contributed by atoms with van der Waals surface area (Å²) in [7, 11) is 4.43. The van der Waals surface area contributed by atoms with E-state index in [0.717, 1.165) is 91.6 Å². The number of nitrogens with two attached hydrogens (primary N) is 1. The van der Waals surface area contributed by atoms with Crippen LogP contribution >= 0.6 is 0 Å². The Morgan fingerprint density at radius 2 is 0.871 bits per heavy atom. The van der Waals surface area contributed by atoms with Gasteiger partial charge in [-0.15, -0.1) is 0 Å². The minimum absolute atomic E-state index is 0. The van der Waals surface area contributed by atoms with Crippen molar-refractivity contribution < 1.29 is 66.0 Å². The highest BCUT2D eigenvalue weighted by Crippen LogP contribution is 2.32. The average Bonchev–Trinajstić information content (AvgIpc) is 1.71. The van der Waals surface area contributed by atoms with E-state index in [-0.39, 0.29) is 31.9 Å². The highest BCUT2D eigenvalue weighted by molar-refractivity contribution is 7.90. The van der Waals surface area contributed by atoms with Crippen LogP contribution in [-0.4, -0.2) is 249 Å². The quantitative estimate of drug-likeness (QED) is 0.0250. The molecule has 0 unspecified atom stereocenters. The van der Waals surface area contributed by atoms with E-state index in [2.05, 4.69) is 47.5 Å². The van der Waals surface area contributed by atoms with Gasteiger partial charge in [0, 0.05) is 58.9 Å². The Balaban J connectivity index is 0.000000272. The van der Waals surface area contributed by atoms with Crippen molar-refractivity contribution >= 4 is 27.4 Å². The van der Waals surface area contributed by atoms with Gasteiger partial charge in [-0.05, 0) is 74.6 Å². The van der Waals surface area contributed by atoms with Crippen LogP contribution in [-0.2, 0) is 70.3 Å². The summed E-state index contributed by atoms with van der Waals surface area (Å²) in [6, 6.07) is 24.6. The number of anilines is 3. The largest absolute Gasteiger partial charge is 0.394 e. The molecule has 2 fully saturated rings. The molecule has 4 aromatic heterocycles. The number of ether oxygens (including phenoxy) is 10. The minimum atomic E-state index is -3.47. The summed E-state index contributed by atoms with van der Waals surface area (Å²) in [6.07, 6.45) is 16.8. The lowest BCUT2D eigenvalue weighted by Crippen LogP contribution is -2.31. The fraction of sp³-hybridized carbons (Fsp3) is 0.606. The third kappa shape index (κ3) is 30.0. The van der Waals surface area contributed by atoms with Crippen molar-refractivity contribution in [3.63, 3.8) is 0 Å². The lowest BCUT2D eigenvalue weighted by Gasteiger charge is -2.29. The fourth-order valence-corrected chi connectivity index (χ4v) is 10.6. The second kappa shape index (κ2) is 45.3. The van der Waals surface area contributed by atoms with Crippen molar-refractivity contribution in [2.24, 2.45) is 5.73 Å². The summed E-state index contributed by atoms with van der Waals surface area (Å²) >= 11 is 0. The Labute approximate surface area is 550 Å². The Hall–Kier alpha value is -6.15. The number of nitrogens with one attached hydrogen (secondary N) is 1. The number of nitrogens with zero attached hydrogens (tertiary/aromatic N) is 10. The van der Waals surface area contributed by atoms with E-state index < -0.39 is 9.84 Å². The van der Waals surface area contributed by atoms with Crippen molar-refractivity contribution in [1.29, 1.82) is 0 Å². The van der Waals surface area contributed by atoms with Crippen molar-refractivity contribution in [3.8, 4) is 22.5 Å². The first-order valence-corrected chi connectivity index (χ1v) is 33.7. The fourth-order valence-electron chi connectivity index (χ4n) is 10.1. The van der Waals surface area contributed by atoms with Gasteiger partial charge in [-0.3, -0.25) is 0 Å². The average molecular weight is 1320 g/mol. The maximum atomic E-state index is 11.7. The molecule has 0 aliphatic heterocycles. The number of aliphatic hydroxyl groups excluding tert-OH is 2. The number of sulfone groups is 1. The molecular weight excluding hydrogens is 1220 g/mol. The predicted octanol–water partition coefficient (Wildman–Crippen LogP) is 6.08. The van der Waals surface area contributed by atoms with E-state index in [1.54, 1.807) is 12.3 Å². The molecule has 93 heavy (non-hydrogen) atoms. The number of rotatable bonds is 41. The van der Waals surface area contributed by atoms with Gasteiger partial charge in [0.15, 0.2) is 0 Å². The van der Waals surface area contributed by atoms with Gasteiger partial charge in [-0.1, -0.05) is 68.1 Å². The molecule has 5 N–H and O–H groups in total. The standard InChI is InChI=1S/C32H48N6O6.C17H19N5O2S.C16H33NO6.CH4/c1-37(2)31-29(24-34-38(31)25-26-6-4-3-5-7-26)30-12-13-33-32(36-30)35-27-8-10-28(11-9-27)44-23-22-43-21-20-42-19-18-41-17-16-40-15-14-39;1-21(2)16-14(15-9-10-18-17(20-15)25(3,23)24)11-19-22(16)12-13-7-5-4-6-8-13;17-15-1-3-16(4-2-15)23-14-13-22-12-11-21-10-9-20-8-7-19-6-5-18;/h3-7,12-13,24,27-28,39H,8-11,14-23,25H2,1-2H3,(H,33,35,36);4-11H,12H2,1-3H3;15-16,18H,1-14,17H2;1H4. The van der Waals surface area contributed by atoms with Crippen LogP contribution in [0, 0.1) is 0 Å². The van der Waals surface area contributed by atoms with Crippen LogP contribution < -0.4 is 20.9 Å². The van der Waals surface area contributed by atoms with E-state index in [1.165, 1.54) is 11.8 Å². The van der Waals surface area contributed by atoms with Gasteiger partial charge in [0.05, 0.1) is 192 Å². The molecule has 4 heterocycles. The van der Waals surface area contributed by atoms with Crippen LogP contribution in [0.2, 0.25) is 0 Å². The number of aromatic nitrogens is 8. The SMILES string of the molecule is C.CN(C)c1c(-c2ccnc(NC3CCC(OCCOCCOCCOCCOCCO)CC3)n2)cnn1Cc1ccccc1.CN(C)c1c(-c2ccnc(S(C)(=O)=O)n2)cnn1Cc1ccccc1.NC1CCC(OCCOCCOCCOCCOCCO)CC1. The van der Waals surface area contributed by atoms with Gasteiger partial charge in [0.25, 0.3) is 0 Å². The van der Waals surface area contributed by atoms with Gasteiger partial charge in [0.1, 0.15) is 11.6 Å². The zero-order valence-corrected chi connectivity index (χ0v) is 55.3. The normalized spacial score (nSPS) is 16.3. The third-order valence-corrected chi connectivity index (χ3v) is 15.4. The molecule has 518 valence electrons. The number of benzene rings is 2. The van der Waals surface area contributed by atoms with Gasteiger partial charge < -0.3 is 78.4 Å². The molecule has 0 atom stereocenters. The summed E-state index contributed by atoms with van der Waals surface area (Å²) < 4.78 is 82.0. The smallest absolute Gasteiger partial charge is 0.247 e. The lowest BCUT2D eigenvalue weighted by atomic mass is 9.93. The molecule has 0 spiro atoms. The minimum Gasteiger partial charge on any atom is -0.394 e. The Morgan fingerprint density at radius 1 is 0.505 bits per heavy atom. The van der Waals surface area contributed by atoms with Gasteiger partial charge >= 0.3 is 0 Å². The highest BCUT2D eigenvalue weighted by Gasteiger charge is 2.24. The van der Waals surface area contributed by atoms with Crippen molar-refractivity contribution in [2.75, 3.05) is 182 Å². The van der Waals surface area contributed by atoms with Gasteiger partial charge in [-0.2, -0.15) is 10.2 Å². The number of hydrogen-bond acceptors (Lipinski definition) is 24. The summed E-state index contributed by atoms with van der Waals surface area (Å²) in [6.45, 7) is 10.7. The maximum absolute atomic E-state index is 11.7. The monoisotopic (exact) mass is 1320 g/mol. The first kappa shape index (κ1) is 77.6. The predicted molar refractivity (Wildman–Crippen MR) is 359 cm³/mol. The van der Waals surface area contributed by atoms with E-state index in [1.807, 2.05) is 109 Å². The van der Waals surface area contributed by atoms with Gasteiger partial charge in [0.2, 0.25) is 20.9 Å². The molecule has 0 bridgehead atoms. The molecule has 0 saturated heterocycles. The van der Waals surface area contributed by atoms with Crippen LogP contribution in [0.25, 0.3) is 22.5 Å². The number of hydrogen-bond donors (Lipinski definition) is 4. The van der Waals surface area contributed by atoms with E-state index >= 15 is 0 Å². The Kier molecular flexibility index (Phi) is 37.7. The van der Waals surface area contributed by atoms with Crippen LogP contribution in [0.3, 0.4) is 0 Å². The summed E-state index contributed by atoms with van der Waals surface area (Å²) in [5, 5.41) is 29.6. The maximum Gasteiger partial charge on any atom is 0.247 e. The van der Waals surface area contributed by atoms with E-state index in [0.29, 0.717) is 162 Å². The van der Waals surface area contributed by atoms with Crippen molar-refractivity contribution in [3.05, 3.63) is 109 Å². The second-order valence-corrected chi connectivity index (χ2v) is 24.3. The first-order valence-electron chi connectivity index (χ1n) is 31.8. The van der Waals surface area contributed by atoms with Crippen LogP contribution in [0.15, 0.2) is 103 Å². The lowest BCUT2D eigenvalue weighted by molar-refractivity contribution is -0.0309. The van der Waals surface area contributed by atoms with Crippen molar-refractivity contribution in [2.45, 2.75) is 101 Å². The Morgan fingerprint density at radius 3 is 1.26 bits per heavy atom. The molecule has 6 aromatic rings. The van der Waals surface area contributed by atoms with Crippen LogP contribution in [0.5, 0.6) is 0 Å². The van der Waals surface area contributed by atoms with Crippen molar-refractivity contribution in [1.82, 2.24) is 39.5 Å². The summed E-state index contributed by atoms with van der Waals surface area (Å²) in [4.78, 5) is 21.4. The second-order valence-electron chi connectivity index (χ2n) is 22.3. The molecule has 0 amide bonds. The molecule has 8 rings (SSSR count). The molecule has 2 aliphatic rings. The highest BCUT2D eigenvalue weighted by atomic mass is 32.2. The topological polar surface area (TPSA) is 299 Å². The van der Waals surface area contributed by atoms with E-state index in [4.69, 9.17) is 68.3 Å². The molecule has 0 radical (unpaired) electrons. The zero-order chi connectivity index (χ0) is 65.4. The van der Waals surface area contributed by atoms with Gasteiger partial charge in [-0.25, -0.2) is 37.7 Å². The molecule has 27 heteroatoms. The summed E-state index contributed by atoms with van der Waals surface area (Å²) in [5.41, 5.74) is 11.3. The van der Waals surface area contributed by atoms with Crippen LogP contribution in [0.1, 0.15) is 69.9 Å². The summed E-state index contributed by atoms with van der Waals surface area (Å²) in [5.74, 6) is 2.50. The van der Waals surface area contributed by atoms with Crippen LogP contribution in [0.4, 0.5) is 17.6 Å². The molecule has 2 aromatic carbocycles. The molecule has 2 saturated carbocycles. The zero-order valence-electron chi connectivity index (χ0n) is 54.5. The molecular formula is C66H104N12O14S. The third-order valence-electron chi connectivity index (χ3n) is 14.6.